The number of rotatable bonds is 4. The number of aliphatic hydroxyl groups is 1. The van der Waals surface area contributed by atoms with Gasteiger partial charge in [-0.15, -0.1) is 0 Å². The Bertz CT molecular complexity index is 437. The Kier molecular flexibility index (Phi) is 5.38. The van der Waals surface area contributed by atoms with Gasteiger partial charge in [0.1, 0.15) is 5.82 Å². The van der Waals surface area contributed by atoms with Gasteiger partial charge in [-0.25, -0.2) is 4.39 Å². The van der Waals surface area contributed by atoms with E-state index in [0.717, 1.165) is 26.2 Å². The van der Waals surface area contributed by atoms with Crippen molar-refractivity contribution in [1.82, 2.24) is 9.80 Å². The third kappa shape index (κ3) is 3.14. The molecular weight excluding hydrogens is 279 g/mol. The first-order valence-electron chi connectivity index (χ1n) is 7.11. The Labute approximate surface area is 124 Å². The monoisotopic (exact) mass is 300 g/mol. The molecule has 0 spiro atoms. The zero-order chi connectivity index (χ0) is 14.7. The van der Waals surface area contributed by atoms with E-state index in [1.807, 2.05) is 0 Å². The fraction of sp³-hybridized carbons (Fsp3) is 0.600. The van der Waals surface area contributed by atoms with Gasteiger partial charge in [-0.3, -0.25) is 9.80 Å². The van der Waals surface area contributed by atoms with Crippen molar-refractivity contribution in [3.05, 3.63) is 34.6 Å². The van der Waals surface area contributed by atoms with E-state index in [2.05, 4.69) is 23.6 Å². The van der Waals surface area contributed by atoms with Crippen molar-refractivity contribution in [3.8, 4) is 0 Å². The second-order valence-corrected chi connectivity index (χ2v) is 5.71. The van der Waals surface area contributed by atoms with Crippen LogP contribution in [0.25, 0.3) is 0 Å². The van der Waals surface area contributed by atoms with Crippen LogP contribution in [0.3, 0.4) is 0 Å². The Hall–Kier alpha value is -0.680. The molecule has 3 nitrogen and oxygen atoms in total. The van der Waals surface area contributed by atoms with Crippen molar-refractivity contribution < 1.29 is 9.50 Å². The maximum Gasteiger partial charge on any atom is 0.129 e. The molecule has 20 heavy (non-hydrogen) atoms. The number of benzene rings is 1. The second-order valence-electron chi connectivity index (χ2n) is 5.31. The number of piperazine rings is 1. The largest absolute Gasteiger partial charge is 0.394 e. The Morgan fingerprint density at radius 1 is 1.45 bits per heavy atom. The Morgan fingerprint density at radius 2 is 2.20 bits per heavy atom. The van der Waals surface area contributed by atoms with Crippen molar-refractivity contribution >= 4 is 11.6 Å². The molecule has 112 valence electrons. The van der Waals surface area contributed by atoms with Crippen LogP contribution in [0.15, 0.2) is 18.2 Å². The highest BCUT2D eigenvalue weighted by atomic mass is 35.5. The summed E-state index contributed by atoms with van der Waals surface area (Å²) in [7, 11) is 0. The molecule has 0 amide bonds. The molecule has 0 bridgehead atoms. The van der Waals surface area contributed by atoms with Gasteiger partial charge in [0.25, 0.3) is 0 Å². The van der Waals surface area contributed by atoms with Crippen LogP contribution >= 0.6 is 11.6 Å². The van der Waals surface area contributed by atoms with Crippen LogP contribution in [0.2, 0.25) is 5.02 Å². The van der Waals surface area contributed by atoms with E-state index in [4.69, 9.17) is 11.6 Å². The molecular formula is C15H22ClFN2O. The average Bonchev–Trinajstić information content (AvgIpc) is 2.43. The predicted octanol–water partition coefficient (Wildman–Crippen LogP) is 2.54. The number of hydrogen-bond donors (Lipinski definition) is 1. The van der Waals surface area contributed by atoms with Gasteiger partial charge in [0.15, 0.2) is 0 Å². The van der Waals surface area contributed by atoms with E-state index >= 15 is 0 Å². The molecule has 5 heteroatoms. The van der Waals surface area contributed by atoms with Gasteiger partial charge in [-0.05, 0) is 25.6 Å². The van der Waals surface area contributed by atoms with Gasteiger partial charge in [0, 0.05) is 36.3 Å². The van der Waals surface area contributed by atoms with Crippen molar-refractivity contribution in [2.24, 2.45) is 0 Å². The number of hydrogen-bond acceptors (Lipinski definition) is 3. The highest BCUT2D eigenvalue weighted by Crippen LogP contribution is 2.31. The zero-order valence-corrected chi connectivity index (χ0v) is 12.8. The molecule has 0 aliphatic carbocycles. The Morgan fingerprint density at radius 3 is 2.75 bits per heavy atom. The minimum Gasteiger partial charge on any atom is -0.394 e. The summed E-state index contributed by atoms with van der Waals surface area (Å²) in [6.45, 7) is 7.74. The molecule has 2 atom stereocenters. The van der Waals surface area contributed by atoms with E-state index in [9.17, 15) is 9.50 Å². The highest BCUT2D eigenvalue weighted by Gasteiger charge is 2.30. The summed E-state index contributed by atoms with van der Waals surface area (Å²) in [5, 5.41) is 10.1. The quantitative estimate of drug-likeness (QED) is 0.926. The maximum absolute atomic E-state index is 14.0. The van der Waals surface area contributed by atoms with Gasteiger partial charge in [-0.2, -0.15) is 0 Å². The molecule has 1 saturated heterocycles. The van der Waals surface area contributed by atoms with E-state index < -0.39 is 0 Å². The summed E-state index contributed by atoms with van der Waals surface area (Å²) in [4.78, 5) is 4.51. The van der Waals surface area contributed by atoms with Crippen molar-refractivity contribution in [3.63, 3.8) is 0 Å². The lowest BCUT2D eigenvalue weighted by molar-refractivity contribution is 0.0355. The normalized spacial score (nSPS) is 22.9. The fourth-order valence-corrected chi connectivity index (χ4v) is 3.28. The molecule has 1 fully saturated rings. The standard InChI is InChI=1S/C15H22ClFN2O/c1-3-18-7-8-19(9-11(18)2)14(10-20)15-12(16)5-4-6-13(15)17/h4-6,11,14,20H,3,7-10H2,1-2H3. The van der Waals surface area contributed by atoms with Crippen LogP contribution in [0, 0.1) is 5.82 Å². The van der Waals surface area contributed by atoms with Crippen LogP contribution in [-0.4, -0.2) is 53.7 Å². The van der Waals surface area contributed by atoms with Gasteiger partial charge in [0.2, 0.25) is 0 Å². The smallest absolute Gasteiger partial charge is 0.129 e. The third-order valence-corrected chi connectivity index (χ3v) is 4.48. The van der Waals surface area contributed by atoms with E-state index in [1.54, 1.807) is 12.1 Å². The molecule has 1 heterocycles. The lowest BCUT2D eigenvalue weighted by atomic mass is 10.0. The molecule has 2 unspecified atom stereocenters. The SMILES string of the molecule is CCN1CCN(C(CO)c2c(F)cccc2Cl)CC1C. The van der Waals surface area contributed by atoms with E-state index in [1.165, 1.54) is 6.07 Å². The number of likely N-dealkylation sites (N-methyl/N-ethyl adjacent to an activating group) is 1. The first-order valence-corrected chi connectivity index (χ1v) is 7.49. The summed E-state index contributed by atoms with van der Waals surface area (Å²) >= 11 is 6.13. The van der Waals surface area contributed by atoms with Gasteiger partial charge in [-0.1, -0.05) is 24.6 Å². The number of aliphatic hydroxyl groups excluding tert-OH is 1. The minimum atomic E-state index is -0.370. The van der Waals surface area contributed by atoms with Gasteiger partial charge >= 0.3 is 0 Å². The molecule has 0 radical (unpaired) electrons. The predicted molar refractivity (Wildman–Crippen MR) is 79.5 cm³/mol. The molecule has 0 aromatic heterocycles. The molecule has 1 aliphatic rings. The molecule has 2 rings (SSSR count). The average molecular weight is 301 g/mol. The summed E-state index contributed by atoms with van der Waals surface area (Å²) in [5.74, 6) is -0.345. The summed E-state index contributed by atoms with van der Waals surface area (Å²) in [6.07, 6.45) is 0. The van der Waals surface area contributed by atoms with Gasteiger partial charge < -0.3 is 5.11 Å². The minimum absolute atomic E-state index is 0.125. The molecule has 1 N–H and O–H groups in total. The van der Waals surface area contributed by atoms with Crippen LogP contribution in [-0.2, 0) is 0 Å². The molecule has 0 saturated carbocycles. The number of halogens is 2. The van der Waals surface area contributed by atoms with Crippen LogP contribution in [0.1, 0.15) is 25.5 Å². The van der Waals surface area contributed by atoms with Crippen molar-refractivity contribution in [1.29, 1.82) is 0 Å². The highest BCUT2D eigenvalue weighted by molar-refractivity contribution is 6.31. The van der Waals surface area contributed by atoms with E-state index in [-0.39, 0.29) is 18.5 Å². The maximum atomic E-state index is 14.0. The number of nitrogens with zero attached hydrogens (tertiary/aromatic N) is 2. The lowest BCUT2D eigenvalue weighted by Gasteiger charge is -2.42. The van der Waals surface area contributed by atoms with Crippen molar-refractivity contribution in [2.75, 3.05) is 32.8 Å². The van der Waals surface area contributed by atoms with Crippen LogP contribution < -0.4 is 0 Å². The third-order valence-electron chi connectivity index (χ3n) is 4.15. The topological polar surface area (TPSA) is 26.7 Å². The fourth-order valence-electron chi connectivity index (χ4n) is 2.99. The lowest BCUT2D eigenvalue weighted by Crippen LogP contribution is -2.53. The van der Waals surface area contributed by atoms with Crippen molar-refractivity contribution in [2.45, 2.75) is 25.9 Å². The van der Waals surface area contributed by atoms with Gasteiger partial charge in [0.05, 0.1) is 12.6 Å². The zero-order valence-electron chi connectivity index (χ0n) is 12.0. The molecule has 1 aromatic rings. The molecule has 1 aromatic carbocycles. The Balaban J connectivity index is 2.21. The molecule has 1 aliphatic heterocycles. The first kappa shape index (κ1) is 15.7. The second kappa shape index (κ2) is 6.85. The van der Waals surface area contributed by atoms with Crippen LogP contribution in [0.4, 0.5) is 4.39 Å². The van der Waals surface area contributed by atoms with E-state index in [0.29, 0.717) is 16.6 Å². The van der Waals surface area contributed by atoms with Crippen LogP contribution in [0.5, 0.6) is 0 Å². The summed E-state index contributed by atoms with van der Waals surface area (Å²) in [5.41, 5.74) is 0.411. The first-order chi connectivity index (χ1) is 9.58. The summed E-state index contributed by atoms with van der Waals surface area (Å²) in [6, 6.07) is 4.69. The summed E-state index contributed by atoms with van der Waals surface area (Å²) < 4.78 is 14.0.